The van der Waals surface area contributed by atoms with Gasteiger partial charge in [0.15, 0.2) is 0 Å². The Morgan fingerprint density at radius 1 is 1.21 bits per heavy atom. The van der Waals surface area contributed by atoms with Gasteiger partial charge >= 0.3 is 0 Å². The van der Waals surface area contributed by atoms with E-state index in [1.165, 1.54) is 0 Å². The summed E-state index contributed by atoms with van der Waals surface area (Å²) in [6, 6.07) is 14.8. The third-order valence-corrected chi connectivity index (χ3v) is 2.74. The van der Waals surface area contributed by atoms with E-state index in [-0.39, 0.29) is 5.91 Å². The highest BCUT2D eigenvalue weighted by atomic mass is 16.5. The Hall–Kier alpha value is -2.49. The summed E-state index contributed by atoms with van der Waals surface area (Å²) in [4.78, 5) is 11.5. The molecule has 3 N–H and O–H groups in total. The molecule has 2 rings (SSSR count). The summed E-state index contributed by atoms with van der Waals surface area (Å²) in [7, 11) is 1.59. The summed E-state index contributed by atoms with van der Waals surface area (Å²) in [5.74, 6) is 0.356. The van der Waals surface area contributed by atoms with E-state index in [0.29, 0.717) is 23.6 Å². The van der Waals surface area contributed by atoms with Crippen molar-refractivity contribution in [1.82, 2.24) is 5.32 Å². The molecule has 0 bridgehead atoms. The van der Waals surface area contributed by atoms with Crippen LogP contribution in [0, 0.1) is 0 Å². The summed E-state index contributed by atoms with van der Waals surface area (Å²) in [5.41, 5.74) is 7.93. The molecule has 0 aliphatic rings. The monoisotopic (exact) mass is 256 g/mol. The minimum Gasteiger partial charge on any atom is -0.487 e. The number of benzene rings is 2. The van der Waals surface area contributed by atoms with Gasteiger partial charge in [-0.15, -0.1) is 0 Å². The van der Waals surface area contributed by atoms with Gasteiger partial charge in [0.2, 0.25) is 0 Å². The molecule has 0 aliphatic carbocycles. The van der Waals surface area contributed by atoms with Crippen molar-refractivity contribution in [2.45, 2.75) is 6.61 Å². The largest absolute Gasteiger partial charge is 0.487 e. The molecular formula is C15H16N2O2. The molecule has 98 valence electrons. The summed E-state index contributed by atoms with van der Waals surface area (Å²) in [6.45, 7) is 0.419. The van der Waals surface area contributed by atoms with Crippen molar-refractivity contribution in [1.29, 1.82) is 0 Å². The highest BCUT2D eigenvalue weighted by Gasteiger charge is 2.07. The van der Waals surface area contributed by atoms with Crippen LogP contribution in [0.5, 0.6) is 5.75 Å². The number of hydrogen-bond acceptors (Lipinski definition) is 3. The van der Waals surface area contributed by atoms with E-state index in [9.17, 15) is 4.79 Å². The Morgan fingerprint density at radius 3 is 2.63 bits per heavy atom. The van der Waals surface area contributed by atoms with Gasteiger partial charge in [0, 0.05) is 12.6 Å². The van der Waals surface area contributed by atoms with Gasteiger partial charge in [0.25, 0.3) is 5.91 Å². The Labute approximate surface area is 112 Å². The SMILES string of the molecule is CNC(=O)c1ccc(N)c(OCc2ccccc2)c1. The van der Waals surface area contributed by atoms with Gasteiger partial charge in [-0.25, -0.2) is 0 Å². The zero-order valence-electron chi connectivity index (χ0n) is 10.7. The standard InChI is InChI=1S/C15H16N2O2/c1-17-15(18)12-7-8-13(16)14(9-12)19-10-11-5-3-2-4-6-11/h2-9H,10,16H2,1H3,(H,17,18). The number of carbonyl (C=O) groups is 1. The number of nitrogens with two attached hydrogens (primary N) is 1. The molecule has 0 saturated carbocycles. The second-order valence-corrected chi connectivity index (χ2v) is 4.11. The molecule has 0 aromatic heterocycles. The van der Waals surface area contributed by atoms with E-state index in [4.69, 9.17) is 10.5 Å². The van der Waals surface area contributed by atoms with Crippen molar-refractivity contribution >= 4 is 11.6 Å². The Balaban J connectivity index is 2.13. The fraction of sp³-hybridized carbons (Fsp3) is 0.133. The quantitative estimate of drug-likeness (QED) is 0.824. The molecular weight excluding hydrogens is 240 g/mol. The molecule has 0 heterocycles. The molecule has 0 aliphatic heterocycles. The molecule has 0 atom stereocenters. The van der Waals surface area contributed by atoms with Crippen LogP contribution in [0.25, 0.3) is 0 Å². The number of hydrogen-bond donors (Lipinski definition) is 2. The predicted octanol–water partition coefficient (Wildman–Crippen LogP) is 2.21. The second kappa shape index (κ2) is 5.91. The molecule has 0 fully saturated rings. The summed E-state index contributed by atoms with van der Waals surface area (Å²) in [5, 5.41) is 2.57. The van der Waals surface area contributed by atoms with Crippen LogP contribution in [0.15, 0.2) is 48.5 Å². The predicted molar refractivity (Wildman–Crippen MR) is 75.0 cm³/mol. The first-order valence-electron chi connectivity index (χ1n) is 5.99. The average Bonchev–Trinajstić information content (AvgIpc) is 2.46. The highest BCUT2D eigenvalue weighted by Crippen LogP contribution is 2.23. The summed E-state index contributed by atoms with van der Waals surface area (Å²) >= 11 is 0. The van der Waals surface area contributed by atoms with Gasteiger partial charge in [-0.1, -0.05) is 30.3 Å². The first-order valence-corrected chi connectivity index (χ1v) is 5.99. The van der Waals surface area contributed by atoms with Crippen molar-refractivity contribution in [3.05, 3.63) is 59.7 Å². The molecule has 2 aromatic carbocycles. The zero-order chi connectivity index (χ0) is 13.7. The molecule has 0 unspecified atom stereocenters. The van der Waals surface area contributed by atoms with E-state index < -0.39 is 0 Å². The van der Waals surface area contributed by atoms with Gasteiger partial charge in [-0.05, 0) is 23.8 Å². The van der Waals surface area contributed by atoms with Gasteiger partial charge in [0.1, 0.15) is 12.4 Å². The van der Waals surface area contributed by atoms with Gasteiger partial charge in [-0.3, -0.25) is 4.79 Å². The number of rotatable bonds is 4. The number of carbonyl (C=O) groups excluding carboxylic acids is 1. The van der Waals surface area contributed by atoms with E-state index in [0.717, 1.165) is 5.56 Å². The van der Waals surface area contributed by atoms with Crippen molar-refractivity contribution < 1.29 is 9.53 Å². The molecule has 0 spiro atoms. The van der Waals surface area contributed by atoms with Crippen LogP contribution in [-0.4, -0.2) is 13.0 Å². The molecule has 1 amide bonds. The van der Waals surface area contributed by atoms with E-state index >= 15 is 0 Å². The smallest absolute Gasteiger partial charge is 0.251 e. The van der Waals surface area contributed by atoms with Gasteiger partial charge in [0.05, 0.1) is 5.69 Å². The lowest BCUT2D eigenvalue weighted by atomic mass is 10.1. The first kappa shape index (κ1) is 13.0. The maximum Gasteiger partial charge on any atom is 0.251 e. The molecule has 2 aromatic rings. The Kier molecular flexibility index (Phi) is 4.03. The minimum absolute atomic E-state index is 0.162. The van der Waals surface area contributed by atoms with E-state index in [1.54, 1.807) is 25.2 Å². The Morgan fingerprint density at radius 2 is 1.95 bits per heavy atom. The third kappa shape index (κ3) is 3.25. The maximum atomic E-state index is 11.5. The van der Waals surface area contributed by atoms with E-state index in [1.807, 2.05) is 30.3 Å². The first-order chi connectivity index (χ1) is 9.20. The van der Waals surface area contributed by atoms with Crippen LogP contribution in [0.2, 0.25) is 0 Å². The fourth-order valence-corrected chi connectivity index (χ4v) is 1.68. The number of nitrogen functional groups attached to an aromatic ring is 1. The topological polar surface area (TPSA) is 64.4 Å². The second-order valence-electron chi connectivity index (χ2n) is 4.11. The van der Waals surface area contributed by atoms with Crippen molar-refractivity contribution in [3.8, 4) is 5.75 Å². The summed E-state index contributed by atoms with van der Waals surface area (Å²) < 4.78 is 5.65. The van der Waals surface area contributed by atoms with Crippen LogP contribution in [-0.2, 0) is 6.61 Å². The van der Waals surface area contributed by atoms with Gasteiger partial charge in [-0.2, -0.15) is 0 Å². The zero-order valence-corrected chi connectivity index (χ0v) is 10.7. The van der Waals surface area contributed by atoms with Crippen LogP contribution in [0.4, 0.5) is 5.69 Å². The molecule has 0 radical (unpaired) electrons. The Bertz CT molecular complexity index is 568. The lowest BCUT2D eigenvalue weighted by Crippen LogP contribution is -2.17. The van der Waals surface area contributed by atoms with Gasteiger partial charge < -0.3 is 15.8 Å². The minimum atomic E-state index is -0.162. The number of amides is 1. The van der Waals surface area contributed by atoms with Crippen LogP contribution in [0.1, 0.15) is 15.9 Å². The summed E-state index contributed by atoms with van der Waals surface area (Å²) in [6.07, 6.45) is 0. The van der Waals surface area contributed by atoms with E-state index in [2.05, 4.69) is 5.32 Å². The van der Waals surface area contributed by atoms with Crippen LogP contribution < -0.4 is 15.8 Å². The molecule has 4 heteroatoms. The van der Waals surface area contributed by atoms with Crippen molar-refractivity contribution in [2.75, 3.05) is 12.8 Å². The highest BCUT2D eigenvalue weighted by molar-refractivity contribution is 5.95. The fourth-order valence-electron chi connectivity index (χ4n) is 1.68. The van der Waals surface area contributed by atoms with Crippen LogP contribution >= 0.6 is 0 Å². The molecule has 4 nitrogen and oxygen atoms in total. The number of ether oxygens (including phenoxy) is 1. The average molecular weight is 256 g/mol. The number of anilines is 1. The number of nitrogens with one attached hydrogen (secondary N) is 1. The molecule has 19 heavy (non-hydrogen) atoms. The molecule has 0 saturated heterocycles. The normalized spacial score (nSPS) is 9.95. The van der Waals surface area contributed by atoms with Crippen molar-refractivity contribution in [2.24, 2.45) is 0 Å². The lowest BCUT2D eigenvalue weighted by molar-refractivity contribution is 0.0962. The maximum absolute atomic E-state index is 11.5. The van der Waals surface area contributed by atoms with Crippen LogP contribution in [0.3, 0.4) is 0 Å². The lowest BCUT2D eigenvalue weighted by Gasteiger charge is -2.10. The van der Waals surface area contributed by atoms with Crippen molar-refractivity contribution in [3.63, 3.8) is 0 Å². The third-order valence-electron chi connectivity index (χ3n) is 2.74.